The fourth-order valence-electron chi connectivity index (χ4n) is 1.60. The first-order valence-electron chi connectivity index (χ1n) is 6.47. The quantitative estimate of drug-likeness (QED) is 0.776. The van der Waals surface area contributed by atoms with E-state index in [4.69, 9.17) is 0 Å². The minimum Gasteiger partial charge on any atom is -0.360 e. The van der Waals surface area contributed by atoms with Gasteiger partial charge in [0.2, 0.25) is 5.13 Å². The maximum atomic E-state index is 4.24. The van der Waals surface area contributed by atoms with Crippen LogP contribution < -0.4 is 5.32 Å². The van der Waals surface area contributed by atoms with Gasteiger partial charge in [0.15, 0.2) is 0 Å². The lowest BCUT2D eigenvalue weighted by molar-refractivity contribution is 0.212. The number of aromatic nitrogens is 2. The smallest absolute Gasteiger partial charge is 0.205 e. The van der Waals surface area contributed by atoms with Crippen LogP contribution in [0.4, 0.5) is 5.13 Å². The molecule has 0 aliphatic heterocycles. The maximum absolute atomic E-state index is 4.24. The Bertz CT molecular complexity index is 311. The fourth-order valence-corrected chi connectivity index (χ4v) is 2.39. The molecule has 1 N–H and O–H groups in total. The van der Waals surface area contributed by atoms with E-state index in [2.05, 4.69) is 48.1 Å². The number of rotatable bonds is 8. The molecular formula is C12H24N4S. The summed E-state index contributed by atoms with van der Waals surface area (Å²) in [6.45, 7) is 11.8. The van der Waals surface area contributed by atoms with Gasteiger partial charge in [0.25, 0.3) is 0 Å². The third kappa shape index (κ3) is 5.00. The number of hydrogen-bond donors (Lipinski definition) is 1. The van der Waals surface area contributed by atoms with Crippen molar-refractivity contribution in [3.05, 3.63) is 5.01 Å². The van der Waals surface area contributed by atoms with Crippen LogP contribution in [0, 0.1) is 0 Å². The van der Waals surface area contributed by atoms with Crippen LogP contribution in [-0.4, -0.2) is 34.2 Å². The van der Waals surface area contributed by atoms with Crippen LogP contribution in [0.1, 0.15) is 45.5 Å². The molecule has 98 valence electrons. The van der Waals surface area contributed by atoms with E-state index >= 15 is 0 Å². The molecule has 0 unspecified atom stereocenters. The predicted molar refractivity (Wildman–Crippen MR) is 74.5 cm³/mol. The van der Waals surface area contributed by atoms with Crippen molar-refractivity contribution in [2.45, 2.75) is 53.1 Å². The molecule has 0 aliphatic rings. The summed E-state index contributed by atoms with van der Waals surface area (Å²) in [5.41, 5.74) is 0. The second-order valence-electron chi connectivity index (χ2n) is 4.49. The van der Waals surface area contributed by atoms with Crippen molar-refractivity contribution in [3.8, 4) is 0 Å². The topological polar surface area (TPSA) is 41.1 Å². The standard InChI is InChI=1S/C12H24N4S/c1-5-7-13-12-15-14-11(17-12)9-16(8-6-2)10(3)4/h10H,5-9H2,1-4H3,(H,13,15). The Morgan fingerprint density at radius 3 is 2.59 bits per heavy atom. The molecule has 0 amide bonds. The summed E-state index contributed by atoms with van der Waals surface area (Å²) in [4.78, 5) is 2.43. The molecule has 0 aliphatic carbocycles. The van der Waals surface area contributed by atoms with Gasteiger partial charge in [-0.05, 0) is 33.2 Å². The second kappa shape index (κ2) is 7.61. The summed E-state index contributed by atoms with van der Waals surface area (Å²) in [6, 6.07) is 0.561. The van der Waals surface area contributed by atoms with Gasteiger partial charge >= 0.3 is 0 Å². The summed E-state index contributed by atoms with van der Waals surface area (Å²) >= 11 is 1.67. The van der Waals surface area contributed by atoms with Gasteiger partial charge in [0.1, 0.15) is 5.01 Å². The van der Waals surface area contributed by atoms with Crippen molar-refractivity contribution in [2.24, 2.45) is 0 Å². The molecule has 5 heteroatoms. The Kier molecular flexibility index (Phi) is 6.44. The van der Waals surface area contributed by atoms with Crippen LogP contribution in [0.15, 0.2) is 0 Å². The number of nitrogens with one attached hydrogen (secondary N) is 1. The zero-order valence-corrected chi connectivity index (χ0v) is 12.2. The first-order valence-corrected chi connectivity index (χ1v) is 7.29. The monoisotopic (exact) mass is 256 g/mol. The molecule has 4 nitrogen and oxygen atoms in total. The molecule has 1 aromatic heterocycles. The Labute approximate surface area is 108 Å². The molecule has 0 aromatic carbocycles. The van der Waals surface area contributed by atoms with Crippen LogP contribution in [0.25, 0.3) is 0 Å². The average Bonchev–Trinajstić information content (AvgIpc) is 2.73. The SMILES string of the molecule is CCCNc1nnc(CN(CCC)C(C)C)s1. The Balaban J connectivity index is 2.51. The second-order valence-corrected chi connectivity index (χ2v) is 5.55. The van der Waals surface area contributed by atoms with Crippen LogP contribution in [0.2, 0.25) is 0 Å². The van der Waals surface area contributed by atoms with Gasteiger partial charge < -0.3 is 5.32 Å². The van der Waals surface area contributed by atoms with Gasteiger partial charge in [-0.1, -0.05) is 25.2 Å². The van der Waals surface area contributed by atoms with Crippen LogP contribution in [0.5, 0.6) is 0 Å². The molecule has 17 heavy (non-hydrogen) atoms. The van der Waals surface area contributed by atoms with E-state index in [0.29, 0.717) is 6.04 Å². The largest absolute Gasteiger partial charge is 0.360 e. The Hall–Kier alpha value is -0.680. The zero-order valence-electron chi connectivity index (χ0n) is 11.4. The molecule has 1 heterocycles. The molecular weight excluding hydrogens is 232 g/mol. The Morgan fingerprint density at radius 2 is 2.00 bits per heavy atom. The van der Waals surface area contributed by atoms with Gasteiger partial charge in [-0.25, -0.2) is 0 Å². The third-order valence-corrected chi connectivity index (χ3v) is 3.44. The van der Waals surface area contributed by atoms with Gasteiger partial charge in [-0.15, -0.1) is 10.2 Å². The number of anilines is 1. The van der Waals surface area contributed by atoms with Crippen molar-refractivity contribution in [2.75, 3.05) is 18.4 Å². The molecule has 0 fully saturated rings. The van der Waals surface area contributed by atoms with Crippen LogP contribution in [0.3, 0.4) is 0 Å². The first-order chi connectivity index (χ1) is 8.17. The molecule has 0 spiro atoms. The highest BCUT2D eigenvalue weighted by atomic mass is 32.1. The lowest BCUT2D eigenvalue weighted by Crippen LogP contribution is -2.30. The van der Waals surface area contributed by atoms with Gasteiger partial charge in [0, 0.05) is 12.6 Å². The molecule has 0 atom stereocenters. The molecule has 1 rings (SSSR count). The van der Waals surface area contributed by atoms with Crippen LogP contribution >= 0.6 is 11.3 Å². The summed E-state index contributed by atoms with van der Waals surface area (Å²) in [6.07, 6.45) is 2.29. The van der Waals surface area contributed by atoms with E-state index in [1.165, 1.54) is 6.42 Å². The Morgan fingerprint density at radius 1 is 1.24 bits per heavy atom. The van der Waals surface area contributed by atoms with Crippen molar-refractivity contribution in [1.82, 2.24) is 15.1 Å². The summed E-state index contributed by atoms with van der Waals surface area (Å²) < 4.78 is 0. The first kappa shape index (κ1) is 14.4. The summed E-state index contributed by atoms with van der Waals surface area (Å²) in [5, 5.41) is 13.7. The van der Waals surface area contributed by atoms with Crippen molar-refractivity contribution in [3.63, 3.8) is 0 Å². The third-order valence-electron chi connectivity index (χ3n) is 2.57. The van der Waals surface area contributed by atoms with Crippen molar-refractivity contribution >= 4 is 16.5 Å². The molecule has 0 saturated carbocycles. The van der Waals surface area contributed by atoms with Gasteiger partial charge in [0.05, 0.1) is 6.54 Å². The number of nitrogens with zero attached hydrogens (tertiary/aromatic N) is 3. The molecule has 0 saturated heterocycles. The lowest BCUT2D eigenvalue weighted by atomic mass is 10.3. The van der Waals surface area contributed by atoms with Gasteiger partial charge in [-0.2, -0.15) is 0 Å². The highest BCUT2D eigenvalue weighted by Crippen LogP contribution is 2.17. The predicted octanol–water partition coefficient (Wildman–Crippen LogP) is 2.98. The lowest BCUT2D eigenvalue weighted by Gasteiger charge is -2.24. The maximum Gasteiger partial charge on any atom is 0.205 e. The minimum atomic E-state index is 0.561. The van der Waals surface area contributed by atoms with Crippen molar-refractivity contribution < 1.29 is 0 Å². The highest BCUT2D eigenvalue weighted by Gasteiger charge is 2.12. The van der Waals surface area contributed by atoms with Crippen molar-refractivity contribution in [1.29, 1.82) is 0 Å². The van der Waals surface area contributed by atoms with Crippen LogP contribution in [-0.2, 0) is 6.54 Å². The fraction of sp³-hybridized carbons (Fsp3) is 0.833. The zero-order chi connectivity index (χ0) is 12.7. The van der Waals surface area contributed by atoms with E-state index < -0.39 is 0 Å². The van der Waals surface area contributed by atoms with Gasteiger partial charge in [-0.3, -0.25) is 4.90 Å². The molecule has 0 bridgehead atoms. The molecule has 0 radical (unpaired) electrons. The summed E-state index contributed by atoms with van der Waals surface area (Å²) in [7, 11) is 0. The molecule has 1 aromatic rings. The number of hydrogen-bond acceptors (Lipinski definition) is 5. The van der Waals surface area contributed by atoms with E-state index in [9.17, 15) is 0 Å². The van der Waals surface area contributed by atoms with E-state index in [0.717, 1.165) is 36.2 Å². The summed E-state index contributed by atoms with van der Waals surface area (Å²) in [5.74, 6) is 0. The van der Waals surface area contributed by atoms with E-state index in [-0.39, 0.29) is 0 Å². The van der Waals surface area contributed by atoms with E-state index in [1.54, 1.807) is 11.3 Å². The average molecular weight is 256 g/mol. The minimum absolute atomic E-state index is 0.561. The normalized spacial score (nSPS) is 11.4. The van der Waals surface area contributed by atoms with E-state index in [1.807, 2.05) is 0 Å². The highest BCUT2D eigenvalue weighted by molar-refractivity contribution is 7.15.